The first-order chi connectivity index (χ1) is 47.2. The first kappa shape index (κ1) is 96.1. The van der Waals surface area contributed by atoms with E-state index in [1.807, 2.05) is 0 Å². The van der Waals surface area contributed by atoms with E-state index in [-0.39, 0.29) is 25.7 Å². The predicted molar refractivity (Wildman–Crippen MR) is 400 cm³/mol. The number of phosphoric acid groups is 2. The van der Waals surface area contributed by atoms with Crippen molar-refractivity contribution < 1.29 is 80.2 Å². The van der Waals surface area contributed by atoms with E-state index in [1.165, 1.54) is 199 Å². The van der Waals surface area contributed by atoms with Gasteiger partial charge in [0.05, 0.1) is 26.4 Å². The van der Waals surface area contributed by atoms with Crippen LogP contribution < -0.4 is 0 Å². The van der Waals surface area contributed by atoms with Gasteiger partial charge in [-0.3, -0.25) is 37.3 Å². The molecule has 7 atom stereocenters. The molecule has 582 valence electrons. The van der Waals surface area contributed by atoms with Gasteiger partial charge >= 0.3 is 39.5 Å². The molecular weight excluding hydrogens is 1280 g/mol. The Labute approximate surface area is 600 Å². The van der Waals surface area contributed by atoms with Crippen LogP contribution in [-0.4, -0.2) is 96.7 Å². The number of aliphatic hydroxyl groups is 1. The highest BCUT2D eigenvalue weighted by atomic mass is 31.2. The van der Waals surface area contributed by atoms with Crippen LogP contribution in [0.3, 0.4) is 0 Å². The van der Waals surface area contributed by atoms with Gasteiger partial charge < -0.3 is 33.8 Å². The Bertz CT molecular complexity index is 1920. The Morgan fingerprint density at radius 1 is 0.286 bits per heavy atom. The van der Waals surface area contributed by atoms with E-state index in [2.05, 4.69) is 55.4 Å². The number of hydrogen-bond donors (Lipinski definition) is 3. The summed E-state index contributed by atoms with van der Waals surface area (Å²) in [6, 6.07) is 0. The molecule has 0 saturated carbocycles. The molecule has 98 heavy (non-hydrogen) atoms. The first-order valence-corrected chi connectivity index (χ1v) is 43.8. The summed E-state index contributed by atoms with van der Waals surface area (Å²) < 4.78 is 68.6. The molecule has 0 radical (unpaired) electrons. The zero-order valence-corrected chi connectivity index (χ0v) is 66.2. The Morgan fingerprint density at radius 3 is 0.724 bits per heavy atom. The lowest BCUT2D eigenvalue weighted by molar-refractivity contribution is -0.161. The van der Waals surface area contributed by atoms with Crippen LogP contribution in [-0.2, 0) is 65.4 Å². The van der Waals surface area contributed by atoms with Crippen molar-refractivity contribution in [2.24, 2.45) is 23.7 Å². The van der Waals surface area contributed by atoms with Gasteiger partial charge in [0.2, 0.25) is 0 Å². The topological polar surface area (TPSA) is 237 Å². The van der Waals surface area contributed by atoms with Gasteiger partial charge in [-0.15, -0.1) is 0 Å². The van der Waals surface area contributed by atoms with Crippen molar-refractivity contribution in [3.63, 3.8) is 0 Å². The molecule has 0 fully saturated rings. The standard InChI is InChI=1S/C79H154O17P2/c1-9-71(7)57-49-41-33-29-30-36-46-54-62-79(84)96-74(65-89-76(81)59-51-43-34-27-23-19-14-12-11-13-17-21-25-31-39-47-55-69(3)4)67-93-97(85,86)91-63-73(80)64-92-98(87,88)94-68-75(66-90-77(82)60-52-44-38-37-42-50-58-72(8)10-2)95-78(83)61-53-45-35-28-24-20-16-15-18-22-26-32-40-48-56-70(5)6/h69-75,80H,9-68H2,1-8H3,(H,85,86)(H,87,88)/t71?,72?,73-,74-,75-/m1/s1. The maximum atomic E-state index is 13.1. The second-order valence-electron chi connectivity index (χ2n) is 29.9. The number of esters is 4. The van der Waals surface area contributed by atoms with Gasteiger partial charge in [-0.1, -0.05) is 351 Å². The normalized spacial score (nSPS) is 14.6. The Kier molecular flexibility index (Phi) is 66.8. The Morgan fingerprint density at radius 2 is 0.490 bits per heavy atom. The van der Waals surface area contributed by atoms with Crippen molar-refractivity contribution in [2.45, 2.75) is 420 Å². The van der Waals surface area contributed by atoms with E-state index >= 15 is 0 Å². The molecule has 0 saturated heterocycles. The molecule has 0 aliphatic rings. The molecule has 0 rings (SSSR count). The van der Waals surface area contributed by atoms with Crippen molar-refractivity contribution in [3.05, 3.63) is 0 Å². The lowest BCUT2D eigenvalue weighted by Gasteiger charge is -2.21. The highest BCUT2D eigenvalue weighted by Gasteiger charge is 2.30. The minimum Gasteiger partial charge on any atom is -0.462 e. The molecule has 0 aromatic heterocycles. The van der Waals surface area contributed by atoms with Crippen LogP contribution in [0.1, 0.15) is 402 Å². The first-order valence-electron chi connectivity index (χ1n) is 40.8. The summed E-state index contributed by atoms with van der Waals surface area (Å²) in [5, 5.41) is 10.6. The number of unbranched alkanes of at least 4 members (excludes halogenated alkanes) is 40. The molecule has 0 aliphatic carbocycles. The maximum absolute atomic E-state index is 13.1. The zero-order chi connectivity index (χ0) is 72.4. The summed E-state index contributed by atoms with van der Waals surface area (Å²) >= 11 is 0. The van der Waals surface area contributed by atoms with Crippen molar-refractivity contribution in [1.82, 2.24) is 0 Å². The monoisotopic (exact) mass is 1440 g/mol. The van der Waals surface area contributed by atoms with E-state index < -0.39 is 97.5 Å². The Hall–Kier alpha value is -1.94. The molecule has 4 unspecified atom stereocenters. The molecule has 0 aliphatic heterocycles. The van der Waals surface area contributed by atoms with Gasteiger partial charge in [0.25, 0.3) is 0 Å². The lowest BCUT2D eigenvalue weighted by Crippen LogP contribution is -2.30. The van der Waals surface area contributed by atoms with Gasteiger partial charge in [-0.05, 0) is 49.4 Å². The molecule has 17 nitrogen and oxygen atoms in total. The number of carbonyl (C=O) groups is 4. The van der Waals surface area contributed by atoms with E-state index in [0.29, 0.717) is 25.7 Å². The van der Waals surface area contributed by atoms with Crippen LogP contribution in [0, 0.1) is 23.7 Å². The summed E-state index contributed by atoms with van der Waals surface area (Å²) in [5.41, 5.74) is 0. The molecule has 0 aromatic rings. The molecule has 0 aromatic carbocycles. The number of phosphoric ester groups is 2. The number of ether oxygens (including phenoxy) is 4. The minimum atomic E-state index is -4.96. The fourth-order valence-corrected chi connectivity index (χ4v) is 13.6. The third-order valence-corrected chi connectivity index (χ3v) is 20.9. The fourth-order valence-electron chi connectivity index (χ4n) is 12.0. The second-order valence-corrected chi connectivity index (χ2v) is 32.8. The third kappa shape index (κ3) is 69.8. The predicted octanol–water partition coefficient (Wildman–Crippen LogP) is 23.2. The van der Waals surface area contributed by atoms with Crippen molar-refractivity contribution in [1.29, 1.82) is 0 Å². The summed E-state index contributed by atoms with van der Waals surface area (Å²) in [6.07, 6.45) is 54.1. The van der Waals surface area contributed by atoms with Crippen molar-refractivity contribution in [2.75, 3.05) is 39.6 Å². The third-order valence-electron chi connectivity index (χ3n) is 19.0. The maximum Gasteiger partial charge on any atom is 0.472 e. The average Bonchev–Trinajstić information content (AvgIpc) is 1.07. The van der Waals surface area contributed by atoms with Crippen molar-refractivity contribution in [3.8, 4) is 0 Å². The number of rotatable bonds is 76. The van der Waals surface area contributed by atoms with Gasteiger partial charge in [-0.25, -0.2) is 9.13 Å². The largest absolute Gasteiger partial charge is 0.472 e. The fraction of sp³-hybridized carbons (Fsp3) is 0.949. The highest BCUT2D eigenvalue weighted by Crippen LogP contribution is 2.45. The quantitative estimate of drug-likeness (QED) is 0.0222. The van der Waals surface area contributed by atoms with Crippen LogP contribution in [0.5, 0.6) is 0 Å². The van der Waals surface area contributed by atoms with E-state index in [0.717, 1.165) is 120 Å². The van der Waals surface area contributed by atoms with E-state index in [4.69, 9.17) is 37.0 Å². The molecule has 0 bridgehead atoms. The zero-order valence-electron chi connectivity index (χ0n) is 64.4. The van der Waals surface area contributed by atoms with Crippen LogP contribution in [0.25, 0.3) is 0 Å². The molecule has 0 heterocycles. The summed E-state index contributed by atoms with van der Waals surface area (Å²) in [7, 11) is -9.92. The Balaban J connectivity index is 5.21. The summed E-state index contributed by atoms with van der Waals surface area (Å²) in [4.78, 5) is 72.9. The lowest BCUT2D eigenvalue weighted by atomic mass is 9.99. The molecular formula is C79H154O17P2. The van der Waals surface area contributed by atoms with Crippen LogP contribution in [0.2, 0.25) is 0 Å². The number of aliphatic hydroxyl groups excluding tert-OH is 1. The van der Waals surface area contributed by atoms with E-state index in [9.17, 15) is 43.2 Å². The molecule has 3 N–H and O–H groups in total. The van der Waals surface area contributed by atoms with Gasteiger partial charge in [0.15, 0.2) is 12.2 Å². The average molecular weight is 1440 g/mol. The highest BCUT2D eigenvalue weighted by molar-refractivity contribution is 7.47. The summed E-state index contributed by atoms with van der Waals surface area (Å²) in [6.45, 7) is 14.2. The minimum absolute atomic E-state index is 0.105. The van der Waals surface area contributed by atoms with E-state index in [1.54, 1.807) is 0 Å². The van der Waals surface area contributed by atoms with Gasteiger partial charge in [-0.2, -0.15) is 0 Å². The number of carbonyl (C=O) groups excluding carboxylic acids is 4. The molecule has 19 heteroatoms. The van der Waals surface area contributed by atoms with Crippen LogP contribution in [0.15, 0.2) is 0 Å². The van der Waals surface area contributed by atoms with Crippen molar-refractivity contribution >= 4 is 39.5 Å². The second kappa shape index (κ2) is 68.2. The van der Waals surface area contributed by atoms with Gasteiger partial charge in [0, 0.05) is 25.7 Å². The molecule has 0 spiro atoms. The van der Waals surface area contributed by atoms with Crippen LogP contribution >= 0.6 is 15.6 Å². The summed E-state index contributed by atoms with van der Waals surface area (Å²) in [5.74, 6) is 0.989. The SMILES string of the molecule is CCC(C)CCCCCCCCCCC(=O)O[C@H](COC(=O)CCCCCCCCCCCCCCCCCCC(C)C)COP(=O)(O)OC[C@@H](O)COP(=O)(O)OC[C@@H](COC(=O)CCCCCCCCC(C)CC)OC(=O)CCCCCCCCCCCCCCCCC(C)C. The van der Waals surface area contributed by atoms with Crippen LogP contribution in [0.4, 0.5) is 0 Å². The van der Waals surface area contributed by atoms with Gasteiger partial charge in [0.1, 0.15) is 19.3 Å². The molecule has 0 amide bonds. The number of hydrogen-bond acceptors (Lipinski definition) is 15. The smallest absolute Gasteiger partial charge is 0.462 e.